The van der Waals surface area contributed by atoms with Gasteiger partial charge in [-0.2, -0.15) is 0 Å². The molecule has 3 aromatic rings. The van der Waals surface area contributed by atoms with Crippen molar-refractivity contribution in [2.45, 2.75) is 33.6 Å². The van der Waals surface area contributed by atoms with Crippen molar-refractivity contribution in [3.05, 3.63) is 68.0 Å². The lowest BCUT2D eigenvalue weighted by Gasteiger charge is -2.09. The van der Waals surface area contributed by atoms with E-state index in [0.717, 1.165) is 6.42 Å². The number of carbonyl (C=O) groups excluding carboxylic acids is 1. The van der Waals surface area contributed by atoms with E-state index in [1.54, 1.807) is 13.0 Å². The van der Waals surface area contributed by atoms with Gasteiger partial charge in [0, 0.05) is 35.4 Å². The molecule has 0 fully saturated rings. The van der Waals surface area contributed by atoms with Crippen molar-refractivity contribution in [1.82, 2.24) is 19.9 Å². The van der Waals surface area contributed by atoms with Crippen molar-refractivity contribution in [1.29, 1.82) is 0 Å². The summed E-state index contributed by atoms with van der Waals surface area (Å²) in [6, 6.07) is 4.06. The Labute approximate surface area is 166 Å². The molecule has 1 aromatic carbocycles. The number of hydrogen-bond donors (Lipinski definition) is 2. The summed E-state index contributed by atoms with van der Waals surface area (Å²) in [4.78, 5) is 29.8. The zero-order valence-electron chi connectivity index (χ0n) is 16.0. The first-order valence-electron chi connectivity index (χ1n) is 9.09. The second-order valence-corrected chi connectivity index (χ2v) is 7.59. The highest BCUT2D eigenvalue weighted by atomic mass is 35.5. The van der Waals surface area contributed by atoms with Gasteiger partial charge in [0.25, 0.3) is 11.5 Å². The van der Waals surface area contributed by atoms with Crippen molar-refractivity contribution < 1.29 is 9.18 Å². The summed E-state index contributed by atoms with van der Waals surface area (Å²) in [5.74, 6) is -0.236. The third-order valence-corrected chi connectivity index (χ3v) is 4.95. The molecule has 0 radical (unpaired) electrons. The molecule has 2 N–H and O–H groups in total. The molecule has 2 heterocycles. The number of nitrogens with zero attached hydrogens (tertiary/aromatic N) is 2. The largest absolute Gasteiger partial charge is 0.352 e. The third kappa shape index (κ3) is 4.09. The van der Waals surface area contributed by atoms with Gasteiger partial charge in [-0.25, -0.2) is 13.9 Å². The fourth-order valence-corrected chi connectivity index (χ4v) is 3.19. The van der Waals surface area contributed by atoms with Gasteiger partial charge in [-0.3, -0.25) is 14.7 Å². The van der Waals surface area contributed by atoms with E-state index < -0.39 is 5.82 Å². The van der Waals surface area contributed by atoms with Crippen LogP contribution in [-0.4, -0.2) is 27.0 Å². The van der Waals surface area contributed by atoms with E-state index >= 15 is 0 Å². The minimum atomic E-state index is -0.437. The van der Waals surface area contributed by atoms with Gasteiger partial charge in [0.2, 0.25) is 0 Å². The number of carbonyl (C=O) groups is 1. The maximum atomic E-state index is 13.3. The number of rotatable bonds is 6. The predicted octanol–water partition coefficient (Wildman–Crippen LogP) is 3.49. The second-order valence-electron chi connectivity index (χ2n) is 7.18. The van der Waals surface area contributed by atoms with Crippen LogP contribution in [0.1, 0.15) is 47.4 Å². The second kappa shape index (κ2) is 8.14. The topological polar surface area (TPSA) is 79.3 Å². The van der Waals surface area contributed by atoms with Crippen LogP contribution in [-0.2, 0) is 6.42 Å². The number of benzene rings is 1. The number of aromatic amines is 1. The quantitative estimate of drug-likeness (QED) is 0.660. The highest BCUT2D eigenvalue weighted by Crippen LogP contribution is 2.21. The van der Waals surface area contributed by atoms with Crippen LogP contribution in [0.4, 0.5) is 4.39 Å². The number of aromatic nitrogens is 3. The van der Waals surface area contributed by atoms with Crippen molar-refractivity contribution in [3.8, 4) is 0 Å². The van der Waals surface area contributed by atoms with Crippen LogP contribution in [0.5, 0.6) is 0 Å². The van der Waals surface area contributed by atoms with Crippen LogP contribution in [0.3, 0.4) is 0 Å². The van der Waals surface area contributed by atoms with Gasteiger partial charge in [0.15, 0.2) is 5.65 Å². The molecule has 0 saturated heterocycles. The summed E-state index contributed by atoms with van der Waals surface area (Å²) in [5, 5.41) is 5.90. The van der Waals surface area contributed by atoms with Gasteiger partial charge < -0.3 is 5.32 Å². The maximum Gasteiger partial charge on any atom is 0.276 e. The number of halogens is 2. The molecule has 0 aliphatic rings. The van der Waals surface area contributed by atoms with Crippen LogP contribution in [0, 0.1) is 18.7 Å². The molecule has 1 amide bonds. The first kappa shape index (κ1) is 20.1. The molecular weight excluding hydrogens is 383 g/mol. The lowest BCUT2D eigenvalue weighted by Crippen LogP contribution is -2.26. The van der Waals surface area contributed by atoms with E-state index in [0.29, 0.717) is 34.8 Å². The Balaban J connectivity index is 1.93. The highest BCUT2D eigenvalue weighted by molar-refractivity contribution is 6.31. The molecule has 0 unspecified atom stereocenters. The Bertz CT molecular complexity index is 1090. The van der Waals surface area contributed by atoms with E-state index in [9.17, 15) is 14.0 Å². The van der Waals surface area contributed by atoms with Crippen molar-refractivity contribution in [2.24, 2.45) is 5.92 Å². The van der Waals surface area contributed by atoms with Gasteiger partial charge in [-0.1, -0.05) is 31.5 Å². The zero-order chi connectivity index (χ0) is 20.4. The average Bonchev–Trinajstić information content (AvgIpc) is 3.03. The fourth-order valence-electron chi connectivity index (χ4n) is 2.95. The predicted molar refractivity (Wildman–Crippen MR) is 107 cm³/mol. The van der Waals surface area contributed by atoms with Crippen molar-refractivity contribution >= 4 is 23.2 Å². The molecule has 3 rings (SSSR count). The van der Waals surface area contributed by atoms with Gasteiger partial charge in [-0.05, 0) is 37.0 Å². The van der Waals surface area contributed by atoms with Crippen molar-refractivity contribution in [3.63, 3.8) is 0 Å². The van der Waals surface area contributed by atoms with Gasteiger partial charge >= 0.3 is 0 Å². The minimum absolute atomic E-state index is 0.217. The Hall–Kier alpha value is -2.67. The number of hydrogen-bond acceptors (Lipinski definition) is 3. The Morgan fingerprint density at radius 2 is 2.14 bits per heavy atom. The van der Waals surface area contributed by atoms with Crippen LogP contribution in [0.25, 0.3) is 5.65 Å². The first-order chi connectivity index (χ1) is 13.3. The van der Waals surface area contributed by atoms with Crippen molar-refractivity contribution in [2.75, 3.05) is 6.54 Å². The minimum Gasteiger partial charge on any atom is -0.352 e. The van der Waals surface area contributed by atoms with Gasteiger partial charge in [0.05, 0.1) is 0 Å². The smallest absolute Gasteiger partial charge is 0.276 e. The van der Waals surface area contributed by atoms with E-state index in [4.69, 9.17) is 11.6 Å². The summed E-state index contributed by atoms with van der Waals surface area (Å²) < 4.78 is 14.5. The van der Waals surface area contributed by atoms with E-state index in [2.05, 4.69) is 29.2 Å². The first-order valence-corrected chi connectivity index (χ1v) is 9.47. The number of nitrogens with one attached hydrogen (secondary N) is 2. The van der Waals surface area contributed by atoms with Crippen LogP contribution in [0.2, 0.25) is 5.02 Å². The standard InChI is InChI=1S/C20H22ClFN4O2/c1-11(2)6-7-23-19(27)16-10-24-26-18(16)25-12(3)15(20(26)28)8-13-4-5-14(22)9-17(13)21/h4-5,9-11,24H,6-8H2,1-3H3,(H,23,27). The van der Waals surface area contributed by atoms with E-state index in [1.807, 2.05) is 0 Å². The monoisotopic (exact) mass is 404 g/mol. The number of fused-ring (bicyclic) bond motifs is 1. The average molecular weight is 405 g/mol. The lowest BCUT2D eigenvalue weighted by atomic mass is 10.0. The van der Waals surface area contributed by atoms with E-state index in [-0.39, 0.29) is 28.6 Å². The molecule has 8 heteroatoms. The van der Waals surface area contributed by atoms with Gasteiger partial charge in [-0.15, -0.1) is 0 Å². The molecule has 6 nitrogen and oxygen atoms in total. The summed E-state index contributed by atoms with van der Waals surface area (Å²) in [6.45, 7) is 6.42. The summed E-state index contributed by atoms with van der Waals surface area (Å²) in [6.07, 6.45) is 2.56. The molecule has 28 heavy (non-hydrogen) atoms. The molecule has 0 atom stereocenters. The molecule has 0 aliphatic carbocycles. The molecule has 0 bridgehead atoms. The fraction of sp³-hybridized carbons (Fsp3) is 0.350. The number of aryl methyl sites for hydroxylation is 1. The molecule has 0 aliphatic heterocycles. The van der Waals surface area contributed by atoms with E-state index in [1.165, 1.54) is 22.8 Å². The SMILES string of the molecule is Cc1nc2c(C(=O)NCCC(C)C)c[nH]n2c(=O)c1Cc1ccc(F)cc1Cl. The van der Waals surface area contributed by atoms with Crippen LogP contribution < -0.4 is 10.9 Å². The summed E-state index contributed by atoms with van der Waals surface area (Å²) in [5.41, 5.74) is 1.84. The normalized spacial score (nSPS) is 11.4. The van der Waals surface area contributed by atoms with Crippen LogP contribution in [0.15, 0.2) is 29.2 Å². The Morgan fingerprint density at radius 3 is 2.82 bits per heavy atom. The highest BCUT2D eigenvalue weighted by Gasteiger charge is 2.19. The molecular formula is C20H22ClFN4O2. The van der Waals surface area contributed by atoms with Gasteiger partial charge in [0.1, 0.15) is 11.4 Å². The Morgan fingerprint density at radius 1 is 1.39 bits per heavy atom. The summed E-state index contributed by atoms with van der Waals surface area (Å²) in [7, 11) is 0. The lowest BCUT2D eigenvalue weighted by molar-refractivity contribution is 0.0953. The maximum absolute atomic E-state index is 13.3. The molecule has 148 valence electrons. The Kier molecular flexibility index (Phi) is 5.84. The molecule has 0 spiro atoms. The van der Waals surface area contributed by atoms with Crippen LogP contribution >= 0.6 is 11.6 Å². The third-order valence-electron chi connectivity index (χ3n) is 4.60. The summed E-state index contributed by atoms with van der Waals surface area (Å²) >= 11 is 6.09. The molecule has 2 aromatic heterocycles. The number of H-pyrrole nitrogens is 1. The number of amides is 1. The zero-order valence-corrected chi connectivity index (χ0v) is 16.7. The molecule has 0 saturated carbocycles.